The van der Waals surface area contributed by atoms with Crippen molar-refractivity contribution in [3.63, 3.8) is 0 Å². The number of benzene rings is 3. The van der Waals surface area contributed by atoms with E-state index in [1.54, 1.807) is 0 Å². The van der Waals surface area contributed by atoms with E-state index in [1.165, 1.54) is 12.1 Å². The van der Waals surface area contributed by atoms with Gasteiger partial charge in [0.2, 0.25) is 11.8 Å². The maximum atomic E-state index is 14.9. The van der Waals surface area contributed by atoms with Crippen molar-refractivity contribution in [2.45, 2.75) is 109 Å². The number of carbonyl (C=O) groups excluding carboxylic acids is 4. The van der Waals surface area contributed by atoms with Crippen LogP contribution in [0.3, 0.4) is 0 Å². The number of aryl methyl sites for hydroxylation is 1. The summed E-state index contributed by atoms with van der Waals surface area (Å²) in [5.74, 6) is 3.36. The van der Waals surface area contributed by atoms with Gasteiger partial charge in [-0.2, -0.15) is 5.10 Å². The molecule has 0 spiro atoms. The molecular weight excluding hydrogens is 752 g/mol. The Hall–Kier alpha value is -5.50. The number of nitrogens with two attached hydrogens (primary N) is 2. The summed E-state index contributed by atoms with van der Waals surface area (Å²) >= 11 is 0. The third-order valence-electron chi connectivity index (χ3n) is 11.4. The Bertz CT molecular complexity index is 2000. The van der Waals surface area contributed by atoms with Gasteiger partial charge in [0.25, 0.3) is 5.91 Å². The third kappa shape index (κ3) is 12.7. The van der Waals surface area contributed by atoms with Gasteiger partial charge in [0.05, 0.1) is 5.56 Å². The molecule has 2 fully saturated rings. The second-order valence-corrected chi connectivity index (χ2v) is 17.2. The Kier molecular flexibility index (Phi) is 15.1. The first-order valence-electron chi connectivity index (χ1n) is 20.6. The number of alkyl carbamates (subject to hydrolysis) is 1. The number of halogens is 1. The van der Waals surface area contributed by atoms with E-state index in [-0.39, 0.29) is 53.2 Å². The molecule has 0 saturated heterocycles. The topological polar surface area (TPSA) is 193 Å². The zero-order valence-electron chi connectivity index (χ0n) is 35.2. The van der Waals surface area contributed by atoms with Gasteiger partial charge in [0.15, 0.2) is 5.84 Å². The highest BCUT2D eigenvalue weighted by Crippen LogP contribution is 2.30. The molecule has 1 atom stereocenters. The molecule has 0 radical (unpaired) electrons. The van der Waals surface area contributed by atoms with Crippen LogP contribution in [0.4, 0.5) is 14.9 Å². The molecule has 8 N–H and O–H groups in total. The van der Waals surface area contributed by atoms with Gasteiger partial charge in [-0.15, -0.1) is 0 Å². The molecule has 3 aromatic carbocycles. The Morgan fingerprint density at radius 3 is 2.27 bits per heavy atom. The monoisotopic (exact) mass is 812 g/mol. The summed E-state index contributed by atoms with van der Waals surface area (Å²) in [5.41, 5.74) is 9.44. The van der Waals surface area contributed by atoms with Crippen LogP contribution in [0.5, 0.6) is 0 Å². The van der Waals surface area contributed by atoms with Crippen LogP contribution < -0.4 is 32.8 Å². The second kappa shape index (κ2) is 20.0. The van der Waals surface area contributed by atoms with Gasteiger partial charge in [0.1, 0.15) is 17.5 Å². The molecule has 14 heteroatoms. The summed E-state index contributed by atoms with van der Waals surface area (Å²) in [6.45, 7) is 7.85. The third-order valence-corrected chi connectivity index (χ3v) is 11.4. The van der Waals surface area contributed by atoms with E-state index in [1.807, 2.05) is 70.2 Å². The lowest BCUT2D eigenvalue weighted by Gasteiger charge is -2.33. The number of nitrogens with zero attached hydrogens (tertiary/aromatic N) is 2. The molecule has 4 amide bonds. The number of amidine groups is 1. The normalized spacial score (nSPS) is 20.3. The summed E-state index contributed by atoms with van der Waals surface area (Å²) < 4.78 is 20.3. The first kappa shape index (κ1) is 44.6. The summed E-state index contributed by atoms with van der Waals surface area (Å²) in [6.07, 6.45) is 6.36. The highest BCUT2D eigenvalue weighted by atomic mass is 19.1. The first-order valence-corrected chi connectivity index (χ1v) is 20.6. The maximum Gasteiger partial charge on any atom is 0.407 e. The molecule has 0 aromatic heterocycles. The molecular formula is C45H61FN8O5. The van der Waals surface area contributed by atoms with Crippen LogP contribution in [-0.4, -0.2) is 78.9 Å². The molecule has 2 aliphatic rings. The number of rotatable bonds is 13. The summed E-state index contributed by atoms with van der Waals surface area (Å²) in [7, 11) is 4.20. The quantitative estimate of drug-likeness (QED) is 0.0525. The SMILES string of the molecule is Cc1cc(C(=O)NC2CCC(N(C)C)CC2)ccc1-c1cccc(C[C@H](NC(=O)C2CCC(CNC(=O)OC(C)(C)C)CC2)C(=O)Nc2ccc(/C(N)=N/N)c(F)c2)c1. The lowest BCUT2D eigenvalue weighted by molar-refractivity contribution is -0.130. The van der Waals surface area contributed by atoms with Crippen LogP contribution in [0.1, 0.15) is 99.2 Å². The van der Waals surface area contributed by atoms with Gasteiger partial charge in [-0.25, -0.2) is 9.18 Å². The zero-order valence-corrected chi connectivity index (χ0v) is 35.2. The lowest BCUT2D eigenvalue weighted by atomic mass is 9.81. The lowest BCUT2D eigenvalue weighted by Crippen LogP contribution is -2.48. The van der Waals surface area contributed by atoms with E-state index in [2.05, 4.69) is 45.4 Å². The minimum atomic E-state index is -0.998. The predicted molar refractivity (Wildman–Crippen MR) is 229 cm³/mol. The number of carbonyl (C=O) groups is 4. The van der Waals surface area contributed by atoms with Crippen LogP contribution in [-0.2, 0) is 20.7 Å². The molecule has 2 saturated carbocycles. The number of anilines is 1. The second-order valence-electron chi connectivity index (χ2n) is 17.2. The maximum absolute atomic E-state index is 14.9. The minimum Gasteiger partial charge on any atom is -0.444 e. The summed E-state index contributed by atoms with van der Waals surface area (Å²) in [5, 5.41) is 15.2. The fourth-order valence-electron chi connectivity index (χ4n) is 8.00. The van der Waals surface area contributed by atoms with Gasteiger partial charge in [0, 0.05) is 42.2 Å². The molecule has 5 rings (SSSR count). The zero-order chi connectivity index (χ0) is 42.9. The van der Waals surface area contributed by atoms with E-state index in [0.717, 1.165) is 66.8 Å². The van der Waals surface area contributed by atoms with Crippen molar-refractivity contribution in [2.24, 2.45) is 28.5 Å². The predicted octanol–water partition coefficient (Wildman–Crippen LogP) is 5.98. The number of hydrogen-bond donors (Lipinski definition) is 6. The van der Waals surface area contributed by atoms with Gasteiger partial charge in [-0.1, -0.05) is 30.3 Å². The van der Waals surface area contributed by atoms with Crippen LogP contribution in [0, 0.1) is 24.6 Å². The number of hydrazone groups is 1. The van der Waals surface area contributed by atoms with E-state index in [4.69, 9.17) is 16.3 Å². The van der Waals surface area contributed by atoms with Crippen molar-refractivity contribution >= 4 is 35.3 Å². The molecule has 0 bridgehead atoms. The van der Waals surface area contributed by atoms with E-state index in [0.29, 0.717) is 31.0 Å². The molecule has 13 nitrogen and oxygen atoms in total. The van der Waals surface area contributed by atoms with Crippen molar-refractivity contribution in [1.82, 2.24) is 20.9 Å². The van der Waals surface area contributed by atoms with Gasteiger partial charge in [-0.05, 0) is 152 Å². The van der Waals surface area contributed by atoms with Gasteiger partial charge < -0.3 is 42.5 Å². The molecule has 0 heterocycles. The first-order chi connectivity index (χ1) is 28.0. The summed E-state index contributed by atoms with van der Waals surface area (Å²) in [6, 6.07) is 17.1. The number of nitrogens with one attached hydrogen (secondary N) is 4. The molecule has 0 unspecified atom stereocenters. The van der Waals surface area contributed by atoms with Crippen LogP contribution in [0.25, 0.3) is 11.1 Å². The Morgan fingerprint density at radius 1 is 0.932 bits per heavy atom. The van der Waals surface area contributed by atoms with Crippen molar-refractivity contribution in [2.75, 3.05) is 26.0 Å². The number of hydrogen-bond acceptors (Lipinski definition) is 8. The van der Waals surface area contributed by atoms with Crippen molar-refractivity contribution in [3.05, 3.63) is 88.7 Å². The van der Waals surface area contributed by atoms with E-state index >= 15 is 0 Å². The molecule has 318 valence electrons. The highest BCUT2D eigenvalue weighted by Gasteiger charge is 2.31. The Morgan fingerprint density at radius 2 is 1.64 bits per heavy atom. The fraction of sp³-hybridized carbons (Fsp3) is 0.489. The fourth-order valence-corrected chi connectivity index (χ4v) is 8.00. The standard InChI is InChI=1S/C45H61FN8O5/c1-27-22-32(42(56)50-33-15-18-35(19-16-33)54(5)6)14-20-36(27)31-9-7-8-29(23-31)24-39(43(57)51-34-17-21-37(38(46)25-34)40(47)53-48)52-41(55)30-12-10-28(11-13-30)26-49-44(58)59-45(2,3)4/h7-9,14,17,20-23,25,28,30,33,35,39H,10-13,15-16,18-19,24,26,48H2,1-6H3,(H2,47,53)(H,49,58)(H,50,56)(H,51,57)(H,52,55)/t28?,30?,33?,35?,39-/m0/s1. The molecule has 2 aliphatic carbocycles. The van der Waals surface area contributed by atoms with E-state index in [9.17, 15) is 23.6 Å². The van der Waals surface area contributed by atoms with Crippen LogP contribution in [0.15, 0.2) is 65.8 Å². The molecule has 3 aromatic rings. The Labute approximate surface area is 347 Å². The van der Waals surface area contributed by atoms with E-state index < -0.39 is 29.5 Å². The van der Waals surface area contributed by atoms with Crippen molar-refractivity contribution in [1.29, 1.82) is 0 Å². The molecule has 59 heavy (non-hydrogen) atoms. The van der Waals surface area contributed by atoms with Crippen molar-refractivity contribution < 1.29 is 28.3 Å². The van der Waals surface area contributed by atoms with Crippen molar-refractivity contribution in [3.8, 4) is 11.1 Å². The highest BCUT2D eigenvalue weighted by molar-refractivity contribution is 6.00. The van der Waals surface area contributed by atoms with Gasteiger partial charge >= 0.3 is 6.09 Å². The Balaban J connectivity index is 1.27. The average Bonchev–Trinajstić information content (AvgIpc) is 3.19. The minimum absolute atomic E-state index is 0.00413. The number of ether oxygens (including phenoxy) is 1. The summed E-state index contributed by atoms with van der Waals surface area (Å²) in [4.78, 5) is 55.3. The number of amides is 4. The average molecular weight is 813 g/mol. The smallest absolute Gasteiger partial charge is 0.407 e. The van der Waals surface area contributed by atoms with Crippen LogP contribution in [0.2, 0.25) is 0 Å². The largest absolute Gasteiger partial charge is 0.444 e. The molecule has 0 aliphatic heterocycles. The van der Waals surface area contributed by atoms with Crippen LogP contribution >= 0.6 is 0 Å². The van der Waals surface area contributed by atoms with Gasteiger partial charge in [-0.3, -0.25) is 14.4 Å².